The first-order valence-corrected chi connectivity index (χ1v) is 3.27. The molecule has 1 rings (SSSR count). The highest BCUT2D eigenvalue weighted by Crippen LogP contribution is 2.09. The molecule has 2 N–H and O–H groups in total. The maximum absolute atomic E-state index is 10.3. The van der Waals surface area contributed by atoms with E-state index in [0.717, 1.165) is 0 Å². The van der Waals surface area contributed by atoms with Crippen LogP contribution in [0.4, 0.5) is 0 Å². The Morgan fingerprint density at radius 2 is 2.30 bits per heavy atom. The Kier molecular flexibility index (Phi) is 2.24. The zero-order valence-corrected chi connectivity index (χ0v) is 5.53. The highest BCUT2D eigenvalue weighted by molar-refractivity contribution is 5.73. The molecule has 0 aromatic rings. The van der Waals surface area contributed by atoms with E-state index in [1.165, 1.54) is 0 Å². The molecule has 4 nitrogen and oxygen atoms in total. The molecule has 0 spiro atoms. The number of aliphatic carboxylic acids is 1. The van der Waals surface area contributed by atoms with Gasteiger partial charge in [0.2, 0.25) is 0 Å². The zero-order valence-electron chi connectivity index (χ0n) is 5.53. The van der Waals surface area contributed by atoms with Gasteiger partial charge in [-0.2, -0.15) is 0 Å². The second-order valence-electron chi connectivity index (χ2n) is 2.44. The molecule has 0 aromatic carbocycles. The van der Waals surface area contributed by atoms with E-state index in [9.17, 15) is 4.79 Å². The van der Waals surface area contributed by atoms with Gasteiger partial charge in [-0.1, -0.05) is 0 Å². The van der Waals surface area contributed by atoms with Crippen LogP contribution in [0.2, 0.25) is 0 Å². The van der Waals surface area contributed by atoms with Gasteiger partial charge in [-0.25, -0.2) is 5.32 Å². The van der Waals surface area contributed by atoms with E-state index in [0.29, 0.717) is 13.0 Å². The van der Waals surface area contributed by atoms with Crippen LogP contribution in [0.5, 0.6) is 0 Å². The number of hydrogen-bond acceptors (Lipinski definition) is 2. The van der Waals surface area contributed by atoms with Gasteiger partial charge in [0.15, 0.2) is 0 Å². The Bertz CT molecular complexity index is 137. The summed E-state index contributed by atoms with van der Waals surface area (Å²) < 4.78 is 0. The van der Waals surface area contributed by atoms with E-state index in [-0.39, 0.29) is 6.42 Å². The highest BCUT2D eigenvalue weighted by Gasteiger charge is 2.25. The molecular weight excluding hydrogens is 134 g/mol. The van der Waals surface area contributed by atoms with Crippen LogP contribution < -0.4 is 5.32 Å². The fourth-order valence-electron chi connectivity index (χ4n) is 1.01. The van der Waals surface area contributed by atoms with Crippen molar-refractivity contribution < 1.29 is 15.0 Å². The van der Waals surface area contributed by atoms with Gasteiger partial charge in [0.1, 0.15) is 6.04 Å². The smallest absolute Gasteiger partial charge is 0.322 e. The van der Waals surface area contributed by atoms with E-state index in [4.69, 9.17) is 10.2 Å². The van der Waals surface area contributed by atoms with Crippen molar-refractivity contribution in [2.75, 3.05) is 6.54 Å². The summed E-state index contributed by atoms with van der Waals surface area (Å²) in [7, 11) is 0. The SMILES string of the molecule is O=C(O)C1CC(O)CC[N]1. The number of aliphatic hydroxyl groups excluding tert-OH is 1. The Balaban J connectivity index is 2.39. The van der Waals surface area contributed by atoms with Crippen molar-refractivity contribution >= 4 is 5.97 Å². The summed E-state index contributed by atoms with van der Waals surface area (Å²) >= 11 is 0. The van der Waals surface area contributed by atoms with Crippen LogP contribution in [-0.4, -0.2) is 34.9 Å². The van der Waals surface area contributed by atoms with Crippen molar-refractivity contribution in [1.82, 2.24) is 5.32 Å². The lowest BCUT2D eigenvalue weighted by Gasteiger charge is -2.21. The van der Waals surface area contributed by atoms with E-state index in [1.807, 2.05) is 0 Å². The number of carboxylic acids is 1. The summed E-state index contributed by atoms with van der Waals surface area (Å²) in [5.74, 6) is -0.932. The fourth-order valence-corrected chi connectivity index (χ4v) is 1.01. The standard InChI is InChI=1S/C6H10NO3/c8-4-1-2-7-5(3-4)6(9)10/h4-5,8H,1-3H2,(H,9,10). The molecule has 1 aliphatic rings. The molecule has 1 radical (unpaired) electrons. The van der Waals surface area contributed by atoms with Crippen LogP contribution in [0.15, 0.2) is 0 Å². The summed E-state index contributed by atoms with van der Waals surface area (Å²) in [6, 6.07) is -0.677. The third-order valence-electron chi connectivity index (χ3n) is 1.59. The first-order valence-electron chi connectivity index (χ1n) is 3.27. The monoisotopic (exact) mass is 144 g/mol. The van der Waals surface area contributed by atoms with Gasteiger partial charge < -0.3 is 10.2 Å². The van der Waals surface area contributed by atoms with Crippen molar-refractivity contribution in [3.63, 3.8) is 0 Å². The van der Waals surface area contributed by atoms with Gasteiger partial charge in [-0.15, -0.1) is 0 Å². The largest absolute Gasteiger partial charge is 0.480 e. The van der Waals surface area contributed by atoms with E-state index in [2.05, 4.69) is 5.32 Å². The molecule has 10 heavy (non-hydrogen) atoms. The third kappa shape index (κ3) is 1.68. The molecule has 1 aliphatic heterocycles. The lowest BCUT2D eigenvalue weighted by atomic mass is 10.0. The normalized spacial score (nSPS) is 33.7. The zero-order chi connectivity index (χ0) is 7.56. The minimum absolute atomic E-state index is 0.273. The summed E-state index contributed by atoms with van der Waals surface area (Å²) in [6.45, 7) is 0.470. The van der Waals surface area contributed by atoms with Gasteiger partial charge >= 0.3 is 5.97 Å². The quantitative estimate of drug-likeness (QED) is 0.506. The van der Waals surface area contributed by atoms with Crippen LogP contribution >= 0.6 is 0 Å². The average molecular weight is 144 g/mol. The second kappa shape index (κ2) is 2.98. The number of carbonyl (C=O) groups is 1. The van der Waals surface area contributed by atoms with E-state index >= 15 is 0 Å². The third-order valence-corrected chi connectivity index (χ3v) is 1.59. The van der Waals surface area contributed by atoms with Gasteiger partial charge in [0.05, 0.1) is 6.10 Å². The number of aliphatic hydroxyl groups is 1. The van der Waals surface area contributed by atoms with Crippen molar-refractivity contribution in [2.24, 2.45) is 0 Å². The molecular formula is C6H10NO3. The minimum atomic E-state index is -0.932. The number of piperidine rings is 1. The van der Waals surface area contributed by atoms with Gasteiger partial charge in [0, 0.05) is 13.0 Å². The second-order valence-corrected chi connectivity index (χ2v) is 2.44. The van der Waals surface area contributed by atoms with Crippen molar-refractivity contribution in [2.45, 2.75) is 25.0 Å². The Morgan fingerprint density at radius 1 is 1.60 bits per heavy atom. The molecule has 1 saturated heterocycles. The summed E-state index contributed by atoms with van der Waals surface area (Å²) in [4.78, 5) is 10.3. The van der Waals surface area contributed by atoms with E-state index in [1.54, 1.807) is 0 Å². The molecule has 1 fully saturated rings. The maximum atomic E-state index is 10.3. The number of carboxylic acid groups (broad SMARTS) is 1. The Labute approximate surface area is 58.9 Å². The molecule has 1 heterocycles. The minimum Gasteiger partial charge on any atom is -0.480 e. The number of rotatable bonds is 1. The number of hydrogen-bond donors (Lipinski definition) is 2. The molecule has 2 atom stereocenters. The van der Waals surface area contributed by atoms with Gasteiger partial charge in [-0.05, 0) is 6.42 Å². The van der Waals surface area contributed by atoms with Crippen LogP contribution in [0, 0.1) is 0 Å². The number of nitrogens with zero attached hydrogens (tertiary/aromatic N) is 1. The van der Waals surface area contributed by atoms with Gasteiger partial charge in [-0.3, -0.25) is 4.79 Å². The maximum Gasteiger partial charge on any atom is 0.322 e. The Hall–Kier alpha value is -0.610. The first kappa shape index (κ1) is 7.50. The molecule has 57 valence electrons. The molecule has 0 aromatic heterocycles. The van der Waals surface area contributed by atoms with Crippen molar-refractivity contribution in [3.8, 4) is 0 Å². The molecule has 0 bridgehead atoms. The van der Waals surface area contributed by atoms with Crippen LogP contribution in [0.25, 0.3) is 0 Å². The van der Waals surface area contributed by atoms with Crippen molar-refractivity contribution in [3.05, 3.63) is 0 Å². The van der Waals surface area contributed by atoms with Crippen LogP contribution in [0.1, 0.15) is 12.8 Å². The lowest BCUT2D eigenvalue weighted by molar-refractivity contribution is -0.141. The van der Waals surface area contributed by atoms with Crippen LogP contribution in [-0.2, 0) is 4.79 Å². The Morgan fingerprint density at radius 3 is 2.70 bits per heavy atom. The summed E-state index contributed by atoms with van der Waals surface area (Å²) in [5.41, 5.74) is 0. The van der Waals surface area contributed by atoms with E-state index < -0.39 is 18.1 Å². The summed E-state index contributed by atoms with van der Waals surface area (Å²) in [5, 5.41) is 21.3. The fraction of sp³-hybridized carbons (Fsp3) is 0.833. The lowest BCUT2D eigenvalue weighted by Crippen LogP contribution is -2.40. The predicted molar refractivity (Wildman–Crippen MR) is 33.7 cm³/mol. The molecule has 2 unspecified atom stereocenters. The average Bonchev–Trinajstić information content (AvgIpc) is 1.88. The highest BCUT2D eigenvalue weighted by atomic mass is 16.4. The van der Waals surface area contributed by atoms with Gasteiger partial charge in [0.25, 0.3) is 0 Å². The topological polar surface area (TPSA) is 71.6 Å². The molecule has 0 aliphatic carbocycles. The summed E-state index contributed by atoms with van der Waals surface area (Å²) in [6.07, 6.45) is 0.401. The van der Waals surface area contributed by atoms with Crippen LogP contribution in [0.3, 0.4) is 0 Å². The van der Waals surface area contributed by atoms with Crippen molar-refractivity contribution in [1.29, 1.82) is 0 Å². The predicted octanol–water partition coefficient (Wildman–Crippen LogP) is -0.801. The molecule has 4 heteroatoms. The first-order chi connectivity index (χ1) is 4.70. The molecule has 0 saturated carbocycles. The molecule has 0 amide bonds.